The van der Waals surface area contributed by atoms with E-state index >= 15 is 0 Å². The van der Waals surface area contributed by atoms with E-state index in [4.69, 9.17) is 10.2 Å². The third kappa shape index (κ3) is 8.40. The zero-order valence-corrected chi connectivity index (χ0v) is 21.5. The van der Waals surface area contributed by atoms with Crippen molar-refractivity contribution in [2.75, 3.05) is 41.3 Å². The molecular weight excluding hydrogens is 488 g/mol. The quantitative estimate of drug-likeness (QED) is 0.232. The summed E-state index contributed by atoms with van der Waals surface area (Å²) >= 11 is 0. The lowest BCUT2D eigenvalue weighted by molar-refractivity contribution is -0.385. The van der Waals surface area contributed by atoms with Gasteiger partial charge in [0.2, 0.25) is 17.8 Å². The van der Waals surface area contributed by atoms with E-state index in [1.54, 1.807) is 12.1 Å². The molecule has 210 valence electrons. The molecule has 0 amide bonds. The summed E-state index contributed by atoms with van der Waals surface area (Å²) in [6.07, 6.45) is 6.90. The lowest BCUT2D eigenvalue weighted by atomic mass is 10.1. The van der Waals surface area contributed by atoms with E-state index in [0.717, 1.165) is 51.9 Å². The van der Waals surface area contributed by atoms with Crippen LogP contribution in [0.25, 0.3) is 0 Å². The van der Waals surface area contributed by atoms with Crippen LogP contribution in [0.4, 0.5) is 23.5 Å². The SMILES string of the molecule is Cl.N.N.N.N.N#Cc1ccc(CNc2nc(N3CCCCC3)nc(N3CCCCC3)n2)c([N+](=O)[O-])c1.[HH].[HH].[HH].[HH]. The maximum absolute atomic E-state index is 11.4. The van der Waals surface area contributed by atoms with Crippen LogP contribution in [0.2, 0.25) is 0 Å². The molecule has 2 aromatic rings. The highest BCUT2D eigenvalue weighted by Gasteiger charge is 2.21. The minimum Gasteiger partial charge on any atom is -0.350 e. The molecule has 0 unspecified atom stereocenters. The Bertz CT molecular complexity index is 974. The molecule has 0 atom stereocenters. The predicted octanol–water partition coefficient (Wildman–Crippen LogP) is 5.30. The largest absolute Gasteiger partial charge is 0.350 e. The number of halogens is 1. The second-order valence-electron chi connectivity index (χ2n) is 7.92. The molecule has 3 heterocycles. The number of nitrogens with zero attached hydrogens (tertiary/aromatic N) is 7. The monoisotopic (exact) mass is 534 g/mol. The molecule has 2 fully saturated rings. The van der Waals surface area contributed by atoms with Gasteiger partial charge in [-0.3, -0.25) is 10.1 Å². The Morgan fingerprint density at radius 2 is 1.42 bits per heavy atom. The Hall–Kier alpha value is -3.35. The van der Waals surface area contributed by atoms with Gasteiger partial charge in [0.1, 0.15) is 0 Å². The van der Waals surface area contributed by atoms with Gasteiger partial charge in [-0.2, -0.15) is 20.2 Å². The van der Waals surface area contributed by atoms with Crippen LogP contribution >= 0.6 is 12.4 Å². The van der Waals surface area contributed by atoms with E-state index < -0.39 is 4.92 Å². The van der Waals surface area contributed by atoms with Gasteiger partial charge in [-0.15, -0.1) is 12.4 Å². The van der Waals surface area contributed by atoms with Gasteiger partial charge >= 0.3 is 0 Å². The Balaban J connectivity index is -0.000000321. The normalized spacial score (nSPS) is 14.3. The maximum Gasteiger partial charge on any atom is 0.275 e. The maximum atomic E-state index is 11.4. The minimum atomic E-state index is -0.469. The molecule has 15 heteroatoms. The molecule has 0 bridgehead atoms. The molecule has 0 radical (unpaired) electrons. The first-order valence-corrected chi connectivity index (χ1v) is 10.8. The van der Waals surface area contributed by atoms with Gasteiger partial charge in [-0.05, 0) is 50.7 Å². The van der Waals surface area contributed by atoms with Crippen molar-refractivity contribution in [2.24, 2.45) is 0 Å². The summed E-state index contributed by atoms with van der Waals surface area (Å²) in [5.74, 6) is 1.73. The fraction of sp³-hybridized carbons (Fsp3) is 0.524. The van der Waals surface area contributed by atoms with E-state index in [0.29, 0.717) is 23.4 Å². The van der Waals surface area contributed by atoms with Crippen molar-refractivity contribution >= 4 is 35.9 Å². The van der Waals surface area contributed by atoms with Crippen molar-refractivity contribution in [1.82, 2.24) is 39.6 Å². The van der Waals surface area contributed by atoms with Crippen LogP contribution in [0.5, 0.6) is 0 Å². The van der Waals surface area contributed by atoms with Crippen molar-refractivity contribution < 1.29 is 10.6 Å². The number of benzene rings is 1. The lowest BCUT2D eigenvalue weighted by Crippen LogP contribution is -2.34. The number of nitriles is 1. The van der Waals surface area contributed by atoms with Crippen LogP contribution < -0.4 is 39.7 Å². The van der Waals surface area contributed by atoms with Crippen molar-refractivity contribution in [3.8, 4) is 6.07 Å². The van der Waals surface area contributed by atoms with Crippen molar-refractivity contribution in [3.05, 3.63) is 39.4 Å². The van der Waals surface area contributed by atoms with Crippen LogP contribution in [0.15, 0.2) is 18.2 Å². The van der Waals surface area contributed by atoms with Gasteiger partial charge < -0.3 is 39.7 Å². The van der Waals surface area contributed by atoms with Crippen LogP contribution in [-0.2, 0) is 6.54 Å². The summed E-state index contributed by atoms with van der Waals surface area (Å²) in [6.45, 7) is 3.87. The van der Waals surface area contributed by atoms with E-state index in [9.17, 15) is 10.1 Å². The van der Waals surface area contributed by atoms with Gasteiger partial charge in [0.05, 0.1) is 16.6 Å². The highest BCUT2D eigenvalue weighted by atomic mass is 35.5. The van der Waals surface area contributed by atoms with Gasteiger partial charge in [0.15, 0.2) is 0 Å². The molecule has 1 aromatic heterocycles. The third-order valence-electron chi connectivity index (χ3n) is 5.74. The zero-order valence-electron chi connectivity index (χ0n) is 20.7. The smallest absolute Gasteiger partial charge is 0.275 e. The number of nitro groups is 1. The van der Waals surface area contributed by atoms with Gasteiger partial charge in [-0.1, -0.05) is 0 Å². The number of hydrogen-bond acceptors (Lipinski definition) is 13. The fourth-order valence-corrected chi connectivity index (χ4v) is 4.03. The summed E-state index contributed by atoms with van der Waals surface area (Å²) < 4.78 is 0. The van der Waals surface area contributed by atoms with E-state index in [-0.39, 0.29) is 60.5 Å². The molecule has 2 saturated heterocycles. The van der Waals surface area contributed by atoms with Gasteiger partial charge in [0, 0.05) is 50.1 Å². The summed E-state index contributed by atoms with van der Waals surface area (Å²) in [5.41, 5.74) is 0.645. The molecule has 2 aliphatic rings. The van der Waals surface area contributed by atoms with Crippen LogP contribution in [0.3, 0.4) is 0 Å². The second-order valence-corrected chi connectivity index (χ2v) is 7.92. The molecule has 4 rings (SSSR count). The Labute approximate surface area is 223 Å². The predicted molar refractivity (Wildman–Crippen MR) is 153 cm³/mol. The fourth-order valence-electron chi connectivity index (χ4n) is 4.03. The Kier molecular flexibility index (Phi) is 15.8. The standard InChI is InChI=1S/C21H26N8O2.ClH.4H3N.4H2/c22-14-16-7-8-17(18(13-16)29(30)31)15-23-19-24-20(27-9-3-1-4-10-27)26-21(25-19)28-11-5-2-6-12-28;;;;;;;;;/h7-8,13H,1-6,9-12,15H2,(H,23,24,25,26);1H;4*1H3;4*1H. The summed E-state index contributed by atoms with van der Waals surface area (Å²) in [7, 11) is 0. The van der Waals surface area contributed by atoms with Crippen molar-refractivity contribution in [1.29, 1.82) is 5.26 Å². The number of hydrogen-bond donors (Lipinski definition) is 5. The Morgan fingerprint density at radius 3 is 1.86 bits per heavy atom. The molecule has 14 nitrogen and oxygen atoms in total. The van der Waals surface area contributed by atoms with Gasteiger partial charge in [-0.25, -0.2) is 0 Å². The van der Waals surface area contributed by atoms with E-state index in [2.05, 4.69) is 25.1 Å². The number of anilines is 3. The van der Waals surface area contributed by atoms with Crippen LogP contribution in [0.1, 0.15) is 55.4 Å². The average molecular weight is 535 g/mol. The molecule has 36 heavy (non-hydrogen) atoms. The van der Waals surface area contributed by atoms with Gasteiger partial charge in [0.25, 0.3) is 5.69 Å². The first-order chi connectivity index (χ1) is 15.1. The second kappa shape index (κ2) is 16.3. The number of nitrogens with one attached hydrogen (secondary N) is 1. The highest BCUT2D eigenvalue weighted by Crippen LogP contribution is 2.24. The number of aromatic nitrogens is 3. The molecular formula is C21H47ClN12O2. The number of rotatable bonds is 6. The molecule has 13 N–H and O–H groups in total. The summed E-state index contributed by atoms with van der Waals surface area (Å²) in [5, 5.41) is 23.6. The zero-order chi connectivity index (χ0) is 21.6. The number of nitro benzene ring substituents is 1. The minimum absolute atomic E-state index is 0. The molecule has 0 saturated carbocycles. The highest BCUT2D eigenvalue weighted by molar-refractivity contribution is 5.85. The summed E-state index contributed by atoms with van der Waals surface area (Å²) in [4.78, 5) is 29.3. The number of piperidine rings is 2. The Morgan fingerprint density at radius 1 is 0.917 bits per heavy atom. The molecule has 0 spiro atoms. The van der Waals surface area contributed by atoms with E-state index in [1.807, 2.05) is 6.07 Å². The first kappa shape index (κ1) is 34.8. The van der Waals surface area contributed by atoms with Crippen LogP contribution in [0, 0.1) is 21.4 Å². The van der Waals surface area contributed by atoms with Crippen molar-refractivity contribution in [2.45, 2.75) is 45.1 Å². The topological polar surface area (TPSA) is 264 Å². The van der Waals surface area contributed by atoms with Crippen molar-refractivity contribution in [3.63, 3.8) is 0 Å². The molecule has 1 aromatic carbocycles. The molecule has 0 aliphatic carbocycles. The van der Waals surface area contributed by atoms with E-state index in [1.165, 1.54) is 18.9 Å². The van der Waals surface area contributed by atoms with Crippen LogP contribution in [-0.4, -0.2) is 46.1 Å². The summed E-state index contributed by atoms with van der Waals surface area (Å²) in [6, 6.07) is 6.41. The molecule has 2 aliphatic heterocycles. The average Bonchev–Trinajstić information content (AvgIpc) is 2.83. The lowest BCUT2D eigenvalue weighted by Gasteiger charge is -2.30. The first-order valence-electron chi connectivity index (χ1n) is 10.8. The third-order valence-corrected chi connectivity index (χ3v) is 5.74.